The van der Waals surface area contributed by atoms with Crippen LogP contribution in [0.1, 0.15) is 32.0 Å². The fourth-order valence-electron chi connectivity index (χ4n) is 0.872. The Morgan fingerprint density at radius 1 is 1.57 bits per heavy atom. The van der Waals surface area contributed by atoms with Gasteiger partial charge in [0.1, 0.15) is 6.61 Å². The number of ether oxygens (including phenoxy) is 1. The number of hydrogen-bond donors (Lipinski definition) is 1. The second-order valence-electron chi connectivity index (χ2n) is 3.74. The van der Waals surface area contributed by atoms with Crippen LogP contribution in [0.2, 0.25) is 0 Å². The molecule has 0 amide bonds. The van der Waals surface area contributed by atoms with E-state index in [2.05, 4.69) is 10.1 Å². The maximum atomic E-state index is 5.89. The minimum atomic E-state index is -0.283. The zero-order valence-corrected chi connectivity index (χ0v) is 8.91. The minimum Gasteiger partial charge on any atom is -0.370 e. The molecular weight excluding hydrogens is 182 g/mol. The van der Waals surface area contributed by atoms with Gasteiger partial charge in [-0.3, -0.25) is 0 Å². The summed E-state index contributed by atoms with van der Waals surface area (Å²) in [5.74, 6) is 1.11. The van der Waals surface area contributed by atoms with Gasteiger partial charge in [0, 0.05) is 5.54 Å². The molecule has 0 fully saturated rings. The molecule has 0 aliphatic rings. The summed E-state index contributed by atoms with van der Waals surface area (Å²) in [6.07, 6.45) is 0.871. The van der Waals surface area contributed by atoms with Crippen LogP contribution < -0.4 is 5.73 Å². The molecule has 1 unspecified atom stereocenters. The van der Waals surface area contributed by atoms with Crippen molar-refractivity contribution >= 4 is 0 Å². The third-order valence-corrected chi connectivity index (χ3v) is 2.03. The summed E-state index contributed by atoms with van der Waals surface area (Å²) in [6.45, 7) is 6.57. The minimum absolute atomic E-state index is 0.283. The van der Waals surface area contributed by atoms with Crippen molar-refractivity contribution in [1.82, 2.24) is 10.1 Å². The molecule has 1 aromatic heterocycles. The molecule has 1 heterocycles. The van der Waals surface area contributed by atoms with Gasteiger partial charge in [-0.1, -0.05) is 12.1 Å². The molecule has 1 atom stereocenters. The monoisotopic (exact) mass is 199 g/mol. The highest BCUT2D eigenvalue weighted by Crippen LogP contribution is 2.06. The van der Waals surface area contributed by atoms with E-state index in [-0.39, 0.29) is 5.54 Å². The largest absolute Gasteiger partial charge is 0.370 e. The van der Waals surface area contributed by atoms with Crippen molar-refractivity contribution in [3.8, 4) is 0 Å². The average molecular weight is 199 g/mol. The van der Waals surface area contributed by atoms with Gasteiger partial charge in [0.2, 0.25) is 0 Å². The van der Waals surface area contributed by atoms with E-state index in [1.165, 1.54) is 0 Å². The lowest BCUT2D eigenvalue weighted by Crippen LogP contribution is -2.40. The lowest BCUT2D eigenvalue weighted by atomic mass is 10.0. The smallest absolute Gasteiger partial charge is 0.252 e. The highest BCUT2D eigenvalue weighted by Gasteiger charge is 2.16. The van der Waals surface area contributed by atoms with Crippen LogP contribution in [-0.4, -0.2) is 22.3 Å². The Bertz CT molecular complexity index is 283. The van der Waals surface area contributed by atoms with Crippen LogP contribution >= 0.6 is 0 Å². The normalized spacial score (nSPS) is 15.4. The fraction of sp³-hybridized carbons (Fsp3) is 0.778. The third kappa shape index (κ3) is 3.43. The standard InChI is InChI=1S/C9H17N3O2/c1-4-9(3,10)6-13-5-8-11-7(2)12-14-8/h4-6,10H2,1-3H3. The Hall–Kier alpha value is -0.940. The van der Waals surface area contributed by atoms with Crippen molar-refractivity contribution in [2.45, 2.75) is 39.3 Å². The average Bonchev–Trinajstić information content (AvgIpc) is 2.51. The number of nitrogens with two attached hydrogens (primary N) is 1. The van der Waals surface area contributed by atoms with E-state index in [9.17, 15) is 0 Å². The summed E-state index contributed by atoms with van der Waals surface area (Å²) in [4.78, 5) is 4.01. The highest BCUT2D eigenvalue weighted by molar-refractivity contribution is 4.81. The molecule has 1 rings (SSSR count). The molecule has 80 valence electrons. The topological polar surface area (TPSA) is 74.2 Å². The Morgan fingerprint density at radius 2 is 2.29 bits per heavy atom. The Morgan fingerprint density at radius 3 is 2.79 bits per heavy atom. The first-order valence-electron chi connectivity index (χ1n) is 4.69. The maximum absolute atomic E-state index is 5.89. The van der Waals surface area contributed by atoms with E-state index in [0.29, 0.717) is 24.9 Å². The number of aromatic nitrogens is 2. The van der Waals surface area contributed by atoms with Crippen LogP contribution in [0.3, 0.4) is 0 Å². The summed E-state index contributed by atoms with van der Waals surface area (Å²) in [5, 5.41) is 3.65. The van der Waals surface area contributed by atoms with Gasteiger partial charge >= 0.3 is 0 Å². The Labute approximate surface area is 83.6 Å². The van der Waals surface area contributed by atoms with Crippen molar-refractivity contribution in [2.24, 2.45) is 5.73 Å². The molecule has 5 heteroatoms. The molecule has 1 aromatic rings. The zero-order valence-electron chi connectivity index (χ0n) is 8.91. The molecule has 0 bridgehead atoms. The molecule has 0 saturated carbocycles. The molecule has 0 spiro atoms. The fourth-order valence-corrected chi connectivity index (χ4v) is 0.872. The first-order chi connectivity index (χ1) is 6.53. The molecule has 0 aromatic carbocycles. The predicted molar refractivity (Wildman–Crippen MR) is 51.6 cm³/mol. The molecule has 0 aliphatic carbocycles. The van der Waals surface area contributed by atoms with E-state index in [1.807, 2.05) is 13.8 Å². The van der Waals surface area contributed by atoms with Crippen LogP contribution in [0.5, 0.6) is 0 Å². The molecular formula is C9H17N3O2. The van der Waals surface area contributed by atoms with Gasteiger partial charge in [0.15, 0.2) is 5.82 Å². The second-order valence-corrected chi connectivity index (χ2v) is 3.74. The van der Waals surface area contributed by atoms with E-state index < -0.39 is 0 Å². The van der Waals surface area contributed by atoms with Crippen molar-refractivity contribution < 1.29 is 9.26 Å². The second kappa shape index (κ2) is 4.52. The van der Waals surface area contributed by atoms with Crippen molar-refractivity contribution in [3.63, 3.8) is 0 Å². The van der Waals surface area contributed by atoms with Gasteiger partial charge in [-0.2, -0.15) is 4.98 Å². The van der Waals surface area contributed by atoms with Gasteiger partial charge in [-0.15, -0.1) is 0 Å². The summed E-state index contributed by atoms with van der Waals surface area (Å²) >= 11 is 0. The molecule has 0 aliphatic heterocycles. The molecule has 0 saturated heterocycles. The van der Waals surface area contributed by atoms with Crippen LogP contribution in [0, 0.1) is 6.92 Å². The molecule has 2 N–H and O–H groups in total. The first-order valence-corrected chi connectivity index (χ1v) is 4.69. The Kier molecular flexibility index (Phi) is 3.60. The highest BCUT2D eigenvalue weighted by atomic mass is 16.5. The summed E-state index contributed by atoms with van der Waals surface area (Å²) in [6, 6.07) is 0. The predicted octanol–water partition coefficient (Wildman–Crippen LogP) is 1.02. The van der Waals surface area contributed by atoms with Crippen LogP contribution in [0.4, 0.5) is 0 Å². The number of nitrogens with zero attached hydrogens (tertiary/aromatic N) is 2. The van der Waals surface area contributed by atoms with Crippen LogP contribution in [0.25, 0.3) is 0 Å². The van der Waals surface area contributed by atoms with Gasteiger partial charge in [-0.25, -0.2) is 0 Å². The van der Waals surface area contributed by atoms with Crippen molar-refractivity contribution in [3.05, 3.63) is 11.7 Å². The number of aryl methyl sites for hydroxylation is 1. The van der Waals surface area contributed by atoms with Crippen molar-refractivity contribution in [1.29, 1.82) is 0 Å². The van der Waals surface area contributed by atoms with Gasteiger partial charge in [-0.05, 0) is 20.3 Å². The summed E-state index contributed by atoms with van der Waals surface area (Å²) < 4.78 is 10.3. The van der Waals surface area contributed by atoms with Crippen LogP contribution in [0.15, 0.2) is 4.52 Å². The lowest BCUT2D eigenvalue weighted by Gasteiger charge is -2.21. The van der Waals surface area contributed by atoms with Gasteiger partial charge in [0.05, 0.1) is 6.61 Å². The van der Waals surface area contributed by atoms with E-state index >= 15 is 0 Å². The number of rotatable bonds is 5. The molecule has 0 radical (unpaired) electrons. The summed E-state index contributed by atoms with van der Waals surface area (Å²) in [7, 11) is 0. The quantitative estimate of drug-likeness (QED) is 0.766. The van der Waals surface area contributed by atoms with Gasteiger partial charge < -0.3 is 15.0 Å². The zero-order chi connectivity index (χ0) is 10.6. The maximum Gasteiger partial charge on any atom is 0.252 e. The van der Waals surface area contributed by atoms with E-state index in [0.717, 1.165) is 6.42 Å². The van der Waals surface area contributed by atoms with E-state index in [4.69, 9.17) is 15.0 Å². The first kappa shape index (κ1) is 11.1. The molecule has 5 nitrogen and oxygen atoms in total. The van der Waals surface area contributed by atoms with E-state index in [1.54, 1.807) is 6.92 Å². The Balaban J connectivity index is 2.28. The third-order valence-electron chi connectivity index (χ3n) is 2.03. The SMILES string of the molecule is CCC(C)(N)COCc1nc(C)no1. The summed E-state index contributed by atoms with van der Waals surface area (Å²) in [5.41, 5.74) is 5.61. The lowest BCUT2D eigenvalue weighted by molar-refractivity contribution is 0.0611. The number of hydrogen-bond acceptors (Lipinski definition) is 5. The van der Waals surface area contributed by atoms with Crippen LogP contribution in [-0.2, 0) is 11.3 Å². The van der Waals surface area contributed by atoms with Crippen molar-refractivity contribution in [2.75, 3.05) is 6.61 Å². The van der Waals surface area contributed by atoms with Gasteiger partial charge in [0.25, 0.3) is 5.89 Å². The molecule has 14 heavy (non-hydrogen) atoms.